The third kappa shape index (κ3) is 23.3. The van der Waals surface area contributed by atoms with Crippen LogP contribution in [0.1, 0.15) is 26.2 Å². The minimum Gasteiger partial charge on any atom is -0.549 e. The summed E-state index contributed by atoms with van der Waals surface area (Å²) in [5.74, 6) is -6.26. The summed E-state index contributed by atoms with van der Waals surface area (Å²) < 4.78 is 0. The van der Waals surface area contributed by atoms with E-state index in [9.17, 15) is 44.4 Å². The van der Waals surface area contributed by atoms with Crippen LogP contribution in [0.5, 0.6) is 0 Å². The van der Waals surface area contributed by atoms with Crippen LogP contribution in [0.4, 0.5) is 0 Å². The first-order chi connectivity index (χ1) is 15.0. The molecule has 0 rings (SSSR count). The molecule has 0 aliphatic carbocycles. The predicted octanol–water partition coefficient (Wildman–Crippen LogP) is -9.80. The second kappa shape index (κ2) is 23.0. The van der Waals surface area contributed by atoms with E-state index in [1.165, 1.54) is 9.80 Å². The largest absolute Gasteiger partial charge is 3.00 e. The van der Waals surface area contributed by atoms with E-state index < -0.39 is 50.1 Å². The van der Waals surface area contributed by atoms with Crippen molar-refractivity contribution in [1.82, 2.24) is 20.0 Å². The molecule has 0 saturated heterocycles. The van der Waals surface area contributed by atoms with Crippen LogP contribution in [-0.2, 0) is 24.0 Å². The standard InChI is InChI=1S/C19H34N4O9.Gd.Na/c1-2-3-4-5-20-15(24)10-22(12-17(27)28)8-6-21(11-16(25)26)7-9-23(13-18(29)30)14-19(31)32;;/h2-14H2,1H3,(H,20,24)(H,25,26)(H,27,28)(H,29,30)(H,31,32);;/q;+3;+1/p-4. The first-order valence-electron chi connectivity index (χ1n) is 10.3. The molecule has 189 valence electrons. The Hall–Kier alpha value is -0.445. The number of carboxylic acid groups (broad SMARTS) is 4. The third-order valence-corrected chi connectivity index (χ3v) is 4.35. The Labute approximate surface area is 253 Å². The van der Waals surface area contributed by atoms with Gasteiger partial charge in [-0.05, 0) is 6.42 Å². The van der Waals surface area contributed by atoms with Crippen LogP contribution in [0.3, 0.4) is 0 Å². The molecule has 0 aromatic heterocycles. The maximum atomic E-state index is 12.0. The Morgan fingerprint density at radius 3 is 1.35 bits per heavy atom. The van der Waals surface area contributed by atoms with Crippen molar-refractivity contribution in [1.29, 1.82) is 0 Å². The SMILES string of the molecule is CCCCCNC(=O)CN(CCN(CCN(CC(=O)[O-])CC(=O)[O-])CC(=O)[O-])CC(=O)[O-].[Gd+3].[Na+]. The molecule has 1 N–H and O–H groups in total. The molecule has 0 aromatic rings. The van der Waals surface area contributed by atoms with E-state index in [-0.39, 0.29) is 108 Å². The minimum absolute atomic E-state index is 0. The quantitative estimate of drug-likeness (QED) is 0.0977. The van der Waals surface area contributed by atoms with Crippen molar-refractivity contribution in [2.24, 2.45) is 0 Å². The molecule has 0 bridgehead atoms. The van der Waals surface area contributed by atoms with E-state index in [0.717, 1.165) is 24.2 Å². The van der Waals surface area contributed by atoms with Crippen molar-refractivity contribution in [2.75, 3.05) is 65.4 Å². The fraction of sp³-hybridized carbons (Fsp3) is 0.737. The Balaban J connectivity index is -0.00000480. The van der Waals surface area contributed by atoms with Crippen LogP contribution >= 0.6 is 0 Å². The smallest absolute Gasteiger partial charge is 0.549 e. The molecular formula is C19H30GdN4NaO9. The van der Waals surface area contributed by atoms with Gasteiger partial charge in [0.2, 0.25) is 5.91 Å². The van der Waals surface area contributed by atoms with Crippen molar-refractivity contribution in [3.05, 3.63) is 0 Å². The molecule has 34 heavy (non-hydrogen) atoms. The van der Waals surface area contributed by atoms with Gasteiger partial charge < -0.3 is 44.9 Å². The van der Waals surface area contributed by atoms with E-state index in [4.69, 9.17) is 0 Å². The van der Waals surface area contributed by atoms with Crippen molar-refractivity contribution in [2.45, 2.75) is 26.2 Å². The zero-order valence-corrected chi connectivity index (χ0v) is 23.8. The number of amides is 1. The molecule has 0 aromatic carbocycles. The number of aliphatic carboxylic acids is 4. The van der Waals surface area contributed by atoms with E-state index in [0.29, 0.717) is 6.54 Å². The summed E-state index contributed by atoms with van der Waals surface area (Å²) in [6, 6.07) is 0. The van der Waals surface area contributed by atoms with Gasteiger partial charge in [-0.2, -0.15) is 0 Å². The number of rotatable bonds is 20. The first kappa shape index (κ1) is 38.1. The monoisotopic (exact) mass is 639 g/mol. The topological polar surface area (TPSA) is 199 Å². The van der Waals surface area contributed by atoms with Gasteiger partial charge in [0.1, 0.15) is 0 Å². The normalized spacial score (nSPS) is 10.5. The Morgan fingerprint density at radius 2 is 0.971 bits per heavy atom. The van der Waals surface area contributed by atoms with Gasteiger partial charge in [-0.3, -0.25) is 19.5 Å². The molecule has 0 atom stereocenters. The van der Waals surface area contributed by atoms with Crippen LogP contribution in [0.15, 0.2) is 0 Å². The zero-order valence-electron chi connectivity index (χ0n) is 19.6. The molecule has 15 heteroatoms. The summed E-state index contributed by atoms with van der Waals surface area (Å²) >= 11 is 0. The molecule has 0 unspecified atom stereocenters. The van der Waals surface area contributed by atoms with Crippen LogP contribution in [0.25, 0.3) is 0 Å². The number of hydrogen-bond acceptors (Lipinski definition) is 12. The maximum absolute atomic E-state index is 12.0. The van der Waals surface area contributed by atoms with Gasteiger partial charge in [-0.1, -0.05) is 19.8 Å². The van der Waals surface area contributed by atoms with Crippen molar-refractivity contribution >= 4 is 29.8 Å². The summed E-state index contributed by atoms with van der Waals surface area (Å²) in [4.78, 5) is 59.1. The zero-order chi connectivity index (χ0) is 24.5. The fourth-order valence-corrected chi connectivity index (χ4v) is 2.86. The molecule has 0 aliphatic rings. The van der Waals surface area contributed by atoms with Gasteiger partial charge in [0.25, 0.3) is 0 Å². The Bertz CT molecular complexity index is 627. The van der Waals surface area contributed by atoms with E-state index in [2.05, 4.69) is 5.32 Å². The van der Waals surface area contributed by atoms with Crippen LogP contribution < -0.4 is 55.3 Å². The maximum Gasteiger partial charge on any atom is 3.00 e. The van der Waals surface area contributed by atoms with Crippen LogP contribution in [0, 0.1) is 39.9 Å². The molecule has 13 nitrogen and oxygen atoms in total. The predicted molar refractivity (Wildman–Crippen MR) is 102 cm³/mol. The second-order valence-electron chi connectivity index (χ2n) is 7.24. The van der Waals surface area contributed by atoms with Gasteiger partial charge in [0.05, 0.1) is 30.4 Å². The Morgan fingerprint density at radius 1 is 0.618 bits per heavy atom. The molecular weight excluding hydrogens is 608 g/mol. The van der Waals surface area contributed by atoms with Gasteiger partial charge >= 0.3 is 69.5 Å². The number of nitrogens with zero attached hydrogens (tertiary/aromatic N) is 3. The summed E-state index contributed by atoms with van der Waals surface area (Å²) in [5, 5.41) is 46.2. The van der Waals surface area contributed by atoms with E-state index >= 15 is 0 Å². The molecule has 0 saturated carbocycles. The molecule has 0 spiro atoms. The van der Waals surface area contributed by atoms with Gasteiger partial charge in [0, 0.05) is 58.9 Å². The number of unbranched alkanes of at least 4 members (excludes halogenated alkanes) is 2. The average molecular weight is 639 g/mol. The van der Waals surface area contributed by atoms with E-state index in [1.54, 1.807) is 0 Å². The number of carbonyl (C=O) groups excluding carboxylic acids is 5. The number of hydrogen-bond donors (Lipinski definition) is 1. The van der Waals surface area contributed by atoms with E-state index in [1.807, 2.05) is 6.92 Å². The third-order valence-electron chi connectivity index (χ3n) is 4.35. The first-order valence-corrected chi connectivity index (χ1v) is 10.3. The van der Waals surface area contributed by atoms with Crippen molar-refractivity contribution < 1.29 is 114 Å². The fourth-order valence-electron chi connectivity index (χ4n) is 2.86. The second-order valence-corrected chi connectivity index (χ2v) is 7.24. The van der Waals surface area contributed by atoms with Gasteiger partial charge in [-0.15, -0.1) is 0 Å². The van der Waals surface area contributed by atoms with Crippen molar-refractivity contribution in [3.63, 3.8) is 0 Å². The summed E-state index contributed by atoms with van der Waals surface area (Å²) in [5.41, 5.74) is 0. The van der Waals surface area contributed by atoms with Crippen LogP contribution in [-0.4, -0.2) is 110 Å². The molecule has 0 fully saturated rings. The molecule has 1 radical (unpaired) electrons. The summed E-state index contributed by atoms with van der Waals surface area (Å²) in [6.07, 6.45) is 2.70. The minimum atomic E-state index is -1.51. The average Bonchev–Trinajstić information content (AvgIpc) is 2.65. The van der Waals surface area contributed by atoms with Crippen LogP contribution in [0.2, 0.25) is 0 Å². The van der Waals surface area contributed by atoms with Gasteiger partial charge in [0.15, 0.2) is 0 Å². The molecule has 0 heterocycles. The van der Waals surface area contributed by atoms with Crippen molar-refractivity contribution in [3.8, 4) is 0 Å². The number of nitrogens with one attached hydrogen (secondary N) is 1. The Kier molecular flexibility index (Phi) is 25.7. The summed E-state index contributed by atoms with van der Waals surface area (Å²) in [7, 11) is 0. The van der Waals surface area contributed by atoms with Gasteiger partial charge in [-0.25, -0.2) is 0 Å². The molecule has 0 aliphatic heterocycles. The number of carboxylic acids is 4. The number of carbonyl (C=O) groups is 5. The summed E-state index contributed by atoms with van der Waals surface area (Å²) in [6.45, 7) is -0.474. The molecule has 1 amide bonds.